The molecule has 2 rings (SSSR count). The highest BCUT2D eigenvalue weighted by Crippen LogP contribution is 2.20. The molecule has 1 aromatic rings. The molecule has 1 saturated heterocycles. The number of carbonyl (C=O) groups excluding carboxylic acids is 2. The molecule has 8 heteroatoms. The summed E-state index contributed by atoms with van der Waals surface area (Å²) >= 11 is 0. The SMILES string of the molecule is COc1cccc(C(=O)OCC(=O)N(CC(C)C)[C@@H]2CCS(=O)(=O)C2)c1. The van der Waals surface area contributed by atoms with Crippen molar-refractivity contribution in [1.29, 1.82) is 0 Å². The zero-order valence-electron chi connectivity index (χ0n) is 15.3. The van der Waals surface area contributed by atoms with Gasteiger partial charge >= 0.3 is 5.97 Å². The van der Waals surface area contributed by atoms with Gasteiger partial charge in [-0.2, -0.15) is 0 Å². The summed E-state index contributed by atoms with van der Waals surface area (Å²) in [4.78, 5) is 26.2. The van der Waals surface area contributed by atoms with Crippen molar-refractivity contribution >= 4 is 21.7 Å². The largest absolute Gasteiger partial charge is 0.497 e. The summed E-state index contributed by atoms with van der Waals surface area (Å²) in [6.45, 7) is 3.91. The van der Waals surface area contributed by atoms with Gasteiger partial charge in [0.15, 0.2) is 16.4 Å². The van der Waals surface area contributed by atoms with E-state index in [1.54, 1.807) is 18.2 Å². The lowest BCUT2D eigenvalue weighted by Crippen LogP contribution is -2.45. The fraction of sp³-hybridized carbons (Fsp3) is 0.556. The molecule has 0 aliphatic carbocycles. The lowest BCUT2D eigenvalue weighted by Gasteiger charge is -2.29. The van der Waals surface area contributed by atoms with Gasteiger partial charge < -0.3 is 14.4 Å². The highest BCUT2D eigenvalue weighted by molar-refractivity contribution is 7.91. The average molecular weight is 383 g/mol. The summed E-state index contributed by atoms with van der Waals surface area (Å²) in [5, 5.41) is 0. The molecule has 144 valence electrons. The maximum absolute atomic E-state index is 12.6. The number of sulfone groups is 1. The Morgan fingerprint density at radius 3 is 2.62 bits per heavy atom. The predicted octanol–water partition coefficient (Wildman–Crippen LogP) is 1.52. The molecule has 26 heavy (non-hydrogen) atoms. The van der Waals surface area contributed by atoms with Gasteiger partial charge in [-0.1, -0.05) is 19.9 Å². The number of rotatable bonds is 7. The van der Waals surface area contributed by atoms with Gasteiger partial charge in [-0.05, 0) is 30.5 Å². The van der Waals surface area contributed by atoms with Crippen LogP contribution in [-0.2, 0) is 19.4 Å². The van der Waals surface area contributed by atoms with E-state index in [9.17, 15) is 18.0 Å². The highest BCUT2D eigenvalue weighted by Gasteiger charge is 2.35. The molecule has 1 aliphatic rings. The smallest absolute Gasteiger partial charge is 0.338 e. The summed E-state index contributed by atoms with van der Waals surface area (Å²) in [5.74, 6) is -0.254. The monoisotopic (exact) mass is 383 g/mol. The highest BCUT2D eigenvalue weighted by atomic mass is 32.2. The number of amides is 1. The third kappa shape index (κ3) is 5.45. The first-order chi connectivity index (χ1) is 12.2. The minimum Gasteiger partial charge on any atom is -0.497 e. The second kappa shape index (κ2) is 8.53. The molecule has 1 heterocycles. The van der Waals surface area contributed by atoms with Crippen LogP contribution in [0.3, 0.4) is 0 Å². The van der Waals surface area contributed by atoms with E-state index in [1.807, 2.05) is 13.8 Å². The van der Waals surface area contributed by atoms with Crippen molar-refractivity contribution in [3.63, 3.8) is 0 Å². The zero-order valence-corrected chi connectivity index (χ0v) is 16.1. The molecule has 0 unspecified atom stereocenters. The maximum atomic E-state index is 12.6. The number of esters is 1. The van der Waals surface area contributed by atoms with Crippen LogP contribution in [0.25, 0.3) is 0 Å². The number of hydrogen-bond acceptors (Lipinski definition) is 6. The molecule has 1 amide bonds. The normalized spacial score (nSPS) is 18.5. The molecule has 1 fully saturated rings. The summed E-state index contributed by atoms with van der Waals surface area (Å²) in [5.41, 5.74) is 0.288. The van der Waals surface area contributed by atoms with Crippen molar-refractivity contribution in [1.82, 2.24) is 4.90 Å². The molecule has 1 aromatic carbocycles. The quantitative estimate of drug-likeness (QED) is 0.663. The van der Waals surface area contributed by atoms with Gasteiger partial charge in [0.05, 0.1) is 24.2 Å². The molecule has 0 N–H and O–H groups in total. The number of methoxy groups -OCH3 is 1. The summed E-state index contributed by atoms with van der Waals surface area (Å²) in [6, 6.07) is 6.11. The Morgan fingerprint density at radius 1 is 1.31 bits per heavy atom. The Morgan fingerprint density at radius 2 is 2.04 bits per heavy atom. The molecular weight excluding hydrogens is 358 g/mol. The van der Waals surface area contributed by atoms with Crippen molar-refractivity contribution in [2.75, 3.05) is 31.8 Å². The summed E-state index contributed by atoms with van der Waals surface area (Å²) < 4.78 is 33.6. The summed E-state index contributed by atoms with van der Waals surface area (Å²) in [6.07, 6.45) is 0.421. The van der Waals surface area contributed by atoms with Crippen LogP contribution in [0.1, 0.15) is 30.6 Å². The van der Waals surface area contributed by atoms with Crippen LogP contribution < -0.4 is 4.74 Å². The predicted molar refractivity (Wildman–Crippen MR) is 96.9 cm³/mol. The summed E-state index contributed by atoms with van der Waals surface area (Å²) in [7, 11) is -1.61. The Bertz CT molecular complexity index is 759. The van der Waals surface area contributed by atoms with Gasteiger partial charge in [-0.25, -0.2) is 13.2 Å². The molecule has 0 saturated carbocycles. The van der Waals surface area contributed by atoms with Gasteiger partial charge in [-0.15, -0.1) is 0 Å². The Kier molecular flexibility index (Phi) is 6.63. The number of carbonyl (C=O) groups is 2. The van der Waals surface area contributed by atoms with E-state index < -0.39 is 22.4 Å². The molecule has 0 aromatic heterocycles. The van der Waals surface area contributed by atoms with Crippen LogP contribution in [0.15, 0.2) is 24.3 Å². The van der Waals surface area contributed by atoms with E-state index in [0.717, 1.165) is 0 Å². The number of nitrogens with zero attached hydrogens (tertiary/aromatic N) is 1. The molecular formula is C18H25NO6S. The fourth-order valence-corrected chi connectivity index (χ4v) is 4.64. The van der Waals surface area contributed by atoms with Crippen molar-refractivity contribution in [3.8, 4) is 5.75 Å². The first-order valence-corrected chi connectivity index (χ1v) is 10.3. The molecule has 0 spiro atoms. The van der Waals surface area contributed by atoms with E-state index >= 15 is 0 Å². The third-order valence-corrected chi connectivity index (χ3v) is 5.91. The second-order valence-electron chi connectivity index (χ2n) is 6.80. The van der Waals surface area contributed by atoms with Gasteiger partial charge in [0.1, 0.15) is 5.75 Å². The first-order valence-electron chi connectivity index (χ1n) is 8.53. The second-order valence-corrected chi connectivity index (χ2v) is 9.03. The molecule has 1 atom stereocenters. The minimum absolute atomic E-state index is 0.0324. The topological polar surface area (TPSA) is 90.0 Å². The molecule has 7 nitrogen and oxygen atoms in total. The molecule has 0 bridgehead atoms. The minimum atomic E-state index is -3.11. The van der Waals surface area contributed by atoms with Crippen LogP contribution in [0, 0.1) is 5.92 Å². The Balaban J connectivity index is 2.01. The van der Waals surface area contributed by atoms with Crippen molar-refractivity contribution in [2.45, 2.75) is 26.3 Å². The molecule has 1 aliphatic heterocycles. The fourth-order valence-electron chi connectivity index (χ4n) is 2.91. The van der Waals surface area contributed by atoms with Crippen LogP contribution in [-0.4, -0.2) is 63.0 Å². The van der Waals surface area contributed by atoms with Gasteiger partial charge in [-0.3, -0.25) is 4.79 Å². The number of hydrogen-bond donors (Lipinski definition) is 0. The van der Waals surface area contributed by atoms with Crippen molar-refractivity contribution < 1.29 is 27.5 Å². The van der Waals surface area contributed by atoms with Gasteiger partial charge in [0, 0.05) is 12.6 Å². The Labute approximate surface area is 154 Å². The van der Waals surface area contributed by atoms with Crippen LogP contribution in [0.2, 0.25) is 0 Å². The Hall–Kier alpha value is -2.09. The van der Waals surface area contributed by atoms with Crippen molar-refractivity contribution in [3.05, 3.63) is 29.8 Å². The van der Waals surface area contributed by atoms with Crippen molar-refractivity contribution in [2.24, 2.45) is 5.92 Å². The van der Waals surface area contributed by atoms with Crippen LogP contribution in [0.5, 0.6) is 5.75 Å². The van der Waals surface area contributed by atoms with E-state index in [2.05, 4.69) is 0 Å². The number of ether oxygens (including phenoxy) is 2. The maximum Gasteiger partial charge on any atom is 0.338 e. The third-order valence-electron chi connectivity index (χ3n) is 4.16. The van der Waals surface area contributed by atoms with E-state index in [4.69, 9.17) is 9.47 Å². The van der Waals surface area contributed by atoms with Gasteiger partial charge in [0.25, 0.3) is 5.91 Å². The van der Waals surface area contributed by atoms with Crippen LogP contribution in [0.4, 0.5) is 0 Å². The van der Waals surface area contributed by atoms with E-state index in [0.29, 0.717) is 18.7 Å². The van der Waals surface area contributed by atoms with E-state index in [1.165, 1.54) is 18.1 Å². The standard InChI is InChI=1S/C18H25NO6S/c1-13(2)10-19(15-7-8-26(22,23)12-15)17(20)11-25-18(21)14-5-4-6-16(9-14)24-3/h4-6,9,13,15H,7-8,10-12H2,1-3H3/t15-/m1/s1. The lowest BCUT2D eigenvalue weighted by molar-refractivity contribution is -0.137. The molecule has 0 radical (unpaired) electrons. The first kappa shape index (κ1) is 20.2. The lowest BCUT2D eigenvalue weighted by atomic mass is 10.1. The van der Waals surface area contributed by atoms with Gasteiger partial charge in [0.2, 0.25) is 0 Å². The number of benzene rings is 1. The zero-order chi connectivity index (χ0) is 19.3. The average Bonchev–Trinajstić information content (AvgIpc) is 2.96. The van der Waals surface area contributed by atoms with E-state index in [-0.39, 0.29) is 34.9 Å². The van der Waals surface area contributed by atoms with Crippen LogP contribution >= 0.6 is 0 Å².